The molecule has 0 amide bonds. The van der Waals surface area contributed by atoms with Crippen molar-refractivity contribution in [2.45, 2.75) is 54.8 Å². The van der Waals surface area contributed by atoms with Crippen LogP contribution >= 0.6 is 0 Å². The van der Waals surface area contributed by atoms with Gasteiger partial charge in [-0.05, 0) is 118 Å². The molecular formula is C45H30. The van der Waals surface area contributed by atoms with Gasteiger partial charge in [0.2, 0.25) is 0 Å². The Balaban J connectivity index is 1.12. The molecule has 7 aromatic carbocycles. The molecule has 13 rings (SSSR count). The summed E-state index contributed by atoms with van der Waals surface area (Å²) in [4.78, 5) is 0. The maximum Gasteiger partial charge on any atom is 0.0108 e. The zero-order chi connectivity index (χ0) is 28.7. The van der Waals surface area contributed by atoms with Crippen LogP contribution in [0.15, 0.2) is 109 Å². The third-order valence-electron chi connectivity index (χ3n) is 13.4. The second kappa shape index (κ2) is 7.40. The van der Waals surface area contributed by atoms with E-state index in [1.165, 1.54) is 51.6 Å². The second-order valence-electron chi connectivity index (χ2n) is 15.0. The third-order valence-corrected chi connectivity index (χ3v) is 13.4. The molecule has 0 heterocycles. The van der Waals surface area contributed by atoms with Gasteiger partial charge in [0.1, 0.15) is 0 Å². The van der Waals surface area contributed by atoms with E-state index in [1.807, 2.05) is 0 Å². The molecule has 0 fully saturated rings. The van der Waals surface area contributed by atoms with Crippen LogP contribution in [0, 0.1) is 0 Å². The molecule has 0 saturated heterocycles. The standard InChI is InChI=1S/C45H30/c1-2-8-23-14-29-28(13-22(23)7-1)34-19-35(29)41-40(34)42-36-20-38(31-16-25-10-4-3-9-24(25)15-30(31)36)44(42)45-39-21-37(43(41)45)32-17-26-11-5-6-12-27(26)18-33(32)39/h1-18,34-39H,19-21H2/t34-,35+,36+,37-,38-,39+. The molecule has 0 nitrogen and oxygen atoms in total. The van der Waals surface area contributed by atoms with Crippen molar-refractivity contribution < 1.29 is 0 Å². The van der Waals surface area contributed by atoms with Crippen LogP contribution in [0.3, 0.4) is 0 Å². The van der Waals surface area contributed by atoms with Crippen LogP contribution in [-0.4, -0.2) is 0 Å². The Morgan fingerprint density at radius 2 is 0.444 bits per heavy atom. The SMILES string of the molecule is c1ccc2cc3c(cc2c1)[C@H]1C[C@@H]3c2c1c1c(c3c2[C@@H]2C[C@H]3c3cc4ccccc4cc32)[C@@H]2C[C@H]1c1cc3ccccc3cc12. The van der Waals surface area contributed by atoms with Gasteiger partial charge in [-0.15, -0.1) is 0 Å². The van der Waals surface area contributed by atoms with Crippen molar-refractivity contribution in [2.24, 2.45) is 0 Å². The Labute approximate surface area is 262 Å². The van der Waals surface area contributed by atoms with Crippen LogP contribution in [0.5, 0.6) is 0 Å². The summed E-state index contributed by atoms with van der Waals surface area (Å²) in [5, 5.41) is 8.42. The third kappa shape index (κ3) is 2.49. The van der Waals surface area contributed by atoms with Crippen molar-refractivity contribution in [3.05, 3.63) is 176 Å². The number of hydrogen-bond donors (Lipinski definition) is 0. The summed E-state index contributed by atoms with van der Waals surface area (Å²) < 4.78 is 0. The van der Waals surface area contributed by atoms with Gasteiger partial charge in [-0.25, -0.2) is 0 Å². The lowest BCUT2D eigenvalue weighted by atomic mass is 9.69. The molecular weight excluding hydrogens is 540 g/mol. The smallest absolute Gasteiger partial charge is 0.0108 e. The first-order chi connectivity index (χ1) is 22.3. The normalized spacial score (nSPS) is 26.4. The molecule has 6 aliphatic carbocycles. The zero-order valence-electron chi connectivity index (χ0n) is 25.0. The lowest BCUT2D eigenvalue weighted by Gasteiger charge is -2.35. The van der Waals surface area contributed by atoms with Crippen LogP contribution in [-0.2, 0) is 0 Å². The number of benzene rings is 7. The van der Waals surface area contributed by atoms with E-state index >= 15 is 0 Å². The van der Waals surface area contributed by atoms with Crippen LogP contribution in [0.1, 0.15) is 122 Å². The first-order valence-corrected chi connectivity index (χ1v) is 17.1. The van der Waals surface area contributed by atoms with Crippen LogP contribution in [0.2, 0.25) is 0 Å². The Bertz CT molecular complexity index is 2090. The van der Waals surface area contributed by atoms with Gasteiger partial charge >= 0.3 is 0 Å². The predicted molar refractivity (Wildman–Crippen MR) is 183 cm³/mol. The molecule has 6 aliphatic rings. The summed E-state index contributed by atoms with van der Waals surface area (Å²) in [7, 11) is 0. The van der Waals surface area contributed by atoms with E-state index in [1.54, 1.807) is 66.8 Å². The molecule has 45 heavy (non-hydrogen) atoms. The molecule has 0 saturated carbocycles. The van der Waals surface area contributed by atoms with Crippen LogP contribution in [0.25, 0.3) is 32.3 Å². The van der Waals surface area contributed by atoms with Gasteiger partial charge in [-0.1, -0.05) is 109 Å². The number of rotatable bonds is 0. The maximum absolute atomic E-state index is 2.57. The Morgan fingerprint density at radius 3 is 0.622 bits per heavy atom. The zero-order valence-corrected chi connectivity index (χ0v) is 25.0. The Hall–Kier alpha value is -4.68. The van der Waals surface area contributed by atoms with Gasteiger partial charge in [0.15, 0.2) is 0 Å². The molecule has 210 valence electrons. The van der Waals surface area contributed by atoms with Crippen LogP contribution < -0.4 is 0 Å². The molecule has 0 radical (unpaired) electrons. The van der Waals surface area contributed by atoms with E-state index in [-0.39, 0.29) is 0 Å². The molecule has 7 aromatic rings. The molecule has 0 aromatic heterocycles. The van der Waals surface area contributed by atoms with E-state index < -0.39 is 0 Å². The molecule has 0 N–H and O–H groups in total. The van der Waals surface area contributed by atoms with Crippen molar-refractivity contribution in [1.29, 1.82) is 0 Å². The highest BCUT2D eigenvalue weighted by Crippen LogP contribution is 2.72. The predicted octanol–water partition coefficient (Wildman–Crippen LogP) is 11.1. The number of fused-ring (bicyclic) bond motifs is 30. The first-order valence-electron chi connectivity index (χ1n) is 17.1. The summed E-state index contributed by atoms with van der Waals surface area (Å²) in [5.41, 5.74) is 20.4. The average molecular weight is 571 g/mol. The minimum atomic E-state index is 0.544. The largest absolute Gasteiger partial charge is 0.0616 e. The first kappa shape index (κ1) is 22.8. The minimum absolute atomic E-state index is 0.544. The average Bonchev–Trinajstić information content (AvgIpc) is 3.93. The fourth-order valence-corrected chi connectivity index (χ4v) is 11.9. The van der Waals surface area contributed by atoms with Crippen molar-refractivity contribution in [3.8, 4) is 0 Å². The second-order valence-corrected chi connectivity index (χ2v) is 15.0. The molecule has 0 aliphatic heterocycles. The number of hydrogen-bond acceptors (Lipinski definition) is 0. The summed E-state index contributed by atoms with van der Waals surface area (Å²) in [6.07, 6.45) is 3.81. The molecule has 6 atom stereocenters. The Morgan fingerprint density at radius 1 is 0.267 bits per heavy atom. The highest BCUT2D eigenvalue weighted by atomic mass is 14.6. The van der Waals surface area contributed by atoms with E-state index in [0.717, 1.165) is 0 Å². The molecule has 0 unspecified atom stereocenters. The van der Waals surface area contributed by atoms with Gasteiger partial charge in [-0.2, -0.15) is 0 Å². The lowest BCUT2D eigenvalue weighted by molar-refractivity contribution is 0.770. The minimum Gasteiger partial charge on any atom is -0.0616 e. The van der Waals surface area contributed by atoms with Gasteiger partial charge < -0.3 is 0 Å². The summed E-state index contributed by atoms with van der Waals surface area (Å²) in [6, 6.07) is 42.6. The van der Waals surface area contributed by atoms with Gasteiger partial charge in [0, 0.05) is 35.5 Å². The van der Waals surface area contributed by atoms with Crippen molar-refractivity contribution in [3.63, 3.8) is 0 Å². The van der Waals surface area contributed by atoms with E-state index in [9.17, 15) is 0 Å². The fourth-order valence-electron chi connectivity index (χ4n) is 11.9. The summed E-state index contributed by atoms with van der Waals surface area (Å²) in [5.74, 6) is 3.26. The molecule has 6 bridgehead atoms. The lowest BCUT2D eigenvalue weighted by Crippen LogP contribution is -2.19. The topological polar surface area (TPSA) is 0 Å². The van der Waals surface area contributed by atoms with Gasteiger partial charge in [0.25, 0.3) is 0 Å². The van der Waals surface area contributed by atoms with Crippen molar-refractivity contribution >= 4 is 32.3 Å². The van der Waals surface area contributed by atoms with Crippen molar-refractivity contribution in [1.82, 2.24) is 0 Å². The fraction of sp³-hybridized carbons (Fsp3) is 0.200. The van der Waals surface area contributed by atoms with Crippen molar-refractivity contribution in [2.75, 3.05) is 0 Å². The monoisotopic (exact) mass is 570 g/mol. The quantitative estimate of drug-likeness (QED) is 0.170. The molecule has 0 spiro atoms. The summed E-state index contributed by atoms with van der Waals surface area (Å²) >= 11 is 0. The van der Waals surface area contributed by atoms with Gasteiger partial charge in [0.05, 0.1) is 0 Å². The highest BCUT2D eigenvalue weighted by Gasteiger charge is 2.56. The van der Waals surface area contributed by atoms with Crippen LogP contribution in [0.4, 0.5) is 0 Å². The highest BCUT2D eigenvalue weighted by molar-refractivity contribution is 5.91. The van der Waals surface area contributed by atoms with E-state index in [4.69, 9.17) is 0 Å². The summed E-state index contributed by atoms with van der Waals surface area (Å²) in [6.45, 7) is 0. The Kier molecular flexibility index (Phi) is 3.75. The van der Waals surface area contributed by atoms with E-state index in [2.05, 4.69) is 109 Å². The maximum atomic E-state index is 2.57. The van der Waals surface area contributed by atoms with Gasteiger partial charge in [-0.3, -0.25) is 0 Å². The molecule has 0 heteroatoms. The van der Waals surface area contributed by atoms with E-state index in [0.29, 0.717) is 35.5 Å².